The number of hydrogen-bond donors (Lipinski definition) is 2. The smallest absolute Gasteiger partial charge is 0.273 e. The van der Waals surface area contributed by atoms with Gasteiger partial charge in [-0.15, -0.1) is 0 Å². The molecule has 0 saturated heterocycles. The molecule has 19 heavy (non-hydrogen) atoms. The van der Waals surface area contributed by atoms with Crippen LogP contribution in [0.25, 0.3) is 0 Å². The van der Waals surface area contributed by atoms with E-state index in [0.717, 1.165) is 0 Å². The molecule has 1 atom stereocenters. The number of carbonyl (C=O) groups is 1. The molecular formula is C13H18N2O4. The van der Waals surface area contributed by atoms with E-state index in [1.54, 1.807) is 18.2 Å². The molecule has 0 saturated carbocycles. The van der Waals surface area contributed by atoms with Crippen LogP contribution in [0.4, 0.5) is 5.69 Å². The summed E-state index contributed by atoms with van der Waals surface area (Å²) in [6.07, 6.45) is 1.28. The summed E-state index contributed by atoms with van der Waals surface area (Å²) in [5.74, 6) is -0.250. The lowest BCUT2D eigenvalue weighted by atomic mass is 10.1. The third-order valence-corrected chi connectivity index (χ3v) is 2.74. The number of nitrogens with zero attached hydrogens (tertiary/aromatic N) is 1. The maximum Gasteiger partial charge on any atom is 0.273 e. The van der Waals surface area contributed by atoms with Gasteiger partial charge in [-0.2, -0.15) is 0 Å². The number of para-hydroxylation sites is 1. The fourth-order valence-corrected chi connectivity index (χ4v) is 1.81. The van der Waals surface area contributed by atoms with Crippen LogP contribution < -0.4 is 5.32 Å². The predicted molar refractivity (Wildman–Crippen MR) is 70.7 cm³/mol. The maximum atomic E-state index is 11.8. The SMILES string of the molecule is CC(CCCO)NC(=O)Cc1ccccc1[N+](=O)[O-]. The van der Waals surface area contributed by atoms with Crippen molar-refractivity contribution in [3.63, 3.8) is 0 Å². The van der Waals surface area contributed by atoms with Crippen LogP contribution in [-0.4, -0.2) is 28.6 Å². The van der Waals surface area contributed by atoms with Gasteiger partial charge in [0.05, 0.1) is 11.3 Å². The quantitative estimate of drug-likeness (QED) is 0.576. The number of amides is 1. The van der Waals surface area contributed by atoms with Crippen LogP contribution in [0, 0.1) is 10.1 Å². The van der Waals surface area contributed by atoms with E-state index in [9.17, 15) is 14.9 Å². The first-order valence-corrected chi connectivity index (χ1v) is 6.17. The molecule has 1 aromatic carbocycles. The van der Waals surface area contributed by atoms with Gasteiger partial charge in [0, 0.05) is 24.3 Å². The monoisotopic (exact) mass is 266 g/mol. The Morgan fingerprint density at radius 2 is 2.16 bits per heavy atom. The number of hydrogen-bond acceptors (Lipinski definition) is 4. The van der Waals surface area contributed by atoms with Crippen molar-refractivity contribution in [1.29, 1.82) is 0 Å². The number of benzene rings is 1. The van der Waals surface area contributed by atoms with Gasteiger partial charge in [-0.05, 0) is 19.8 Å². The standard InChI is InChI=1S/C13H18N2O4/c1-10(5-4-8-16)14-13(17)9-11-6-2-3-7-12(11)15(18)19/h2-3,6-7,10,16H,4-5,8-9H2,1H3,(H,14,17). The van der Waals surface area contributed by atoms with Gasteiger partial charge in [-0.1, -0.05) is 18.2 Å². The van der Waals surface area contributed by atoms with Crippen molar-refractivity contribution in [3.05, 3.63) is 39.9 Å². The summed E-state index contributed by atoms with van der Waals surface area (Å²) in [4.78, 5) is 22.1. The Morgan fingerprint density at radius 1 is 1.47 bits per heavy atom. The molecule has 1 amide bonds. The van der Waals surface area contributed by atoms with Crippen molar-refractivity contribution in [2.75, 3.05) is 6.61 Å². The molecule has 0 bridgehead atoms. The number of nitro groups is 1. The number of nitro benzene ring substituents is 1. The van der Waals surface area contributed by atoms with Gasteiger partial charge < -0.3 is 10.4 Å². The van der Waals surface area contributed by atoms with Crippen molar-refractivity contribution >= 4 is 11.6 Å². The van der Waals surface area contributed by atoms with Gasteiger partial charge in [0.25, 0.3) is 5.69 Å². The predicted octanol–water partition coefficient (Wildman–Crippen LogP) is 1.41. The molecule has 104 valence electrons. The molecule has 1 unspecified atom stereocenters. The van der Waals surface area contributed by atoms with Gasteiger partial charge in [-0.25, -0.2) is 0 Å². The fourth-order valence-electron chi connectivity index (χ4n) is 1.81. The van der Waals surface area contributed by atoms with E-state index in [4.69, 9.17) is 5.11 Å². The highest BCUT2D eigenvalue weighted by molar-refractivity contribution is 5.80. The van der Waals surface area contributed by atoms with E-state index >= 15 is 0 Å². The van der Waals surface area contributed by atoms with Gasteiger partial charge in [-0.3, -0.25) is 14.9 Å². The Balaban J connectivity index is 2.60. The second-order valence-corrected chi connectivity index (χ2v) is 4.40. The largest absolute Gasteiger partial charge is 0.396 e. The zero-order valence-corrected chi connectivity index (χ0v) is 10.8. The minimum atomic E-state index is -0.488. The number of rotatable bonds is 7. The zero-order chi connectivity index (χ0) is 14.3. The van der Waals surface area contributed by atoms with E-state index in [1.165, 1.54) is 6.07 Å². The molecule has 0 spiro atoms. The van der Waals surface area contributed by atoms with Crippen LogP contribution in [-0.2, 0) is 11.2 Å². The van der Waals surface area contributed by atoms with Crippen molar-refractivity contribution in [3.8, 4) is 0 Å². The lowest BCUT2D eigenvalue weighted by molar-refractivity contribution is -0.385. The average molecular weight is 266 g/mol. The highest BCUT2D eigenvalue weighted by atomic mass is 16.6. The van der Waals surface area contributed by atoms with E-state index in [1.807, 2.05) is 6.92 Å². The molecule has 0 aromatic heterocycles. The third kappa shape index (κ3) is 5.05. The molecule has 0 heterocycles. The lowest BCUT2D eigenvalue weighted by Gasteiger charge is -2.13. The second kappa shape index (κ2) is 7.48. The van der Waals surface area contributed by atoms with Crippen molar-refractivity contribution in [1.82, 2.24) is 5.32 Å². The van der Waals surface area contributed by atoms with Crippen molar-refractivity contribution in [2.24, 2.45) is 0 Å². The van der Waals surface area contributed by atoms with Crippen molar-refractivity contribution < 1.29 is 14.8 Å². The summed E-state index contributed by atoms with van der Waals surface area (Å²) in [5.41, 5.74) is 0.361. The molecule has 0 aliphatic carbocycles. The Kier molecular flexibility index (Phi) is 5.95. The van der Waals surface area contributed by atoms with Crippen LogP contribution in [0.1, 0.15) is 25.3 Å². The summed E-state index contributed by atoms with van der Waals surface area (Å²) in [7, 11) is 0. The lowest BCUT2D eigenvalue weighted by Crippen LogP contribution is -2.33. The Bertz CT molecular complexity index is 448. The molecule has 0 radical (unpaired) electrons. The summed E-state index contributed by atoms with van der Waals surface area (Å²) in [6, 6.07) is 6.16. The van der Waals surface area contributed by atoms with Gasteiger partial charge in [0.1, 0.15) is 0 Å². The Hall–Kier alpha value is -1.95. The highest BCUT2D eigenvalue weighted by Gasteiger charge is 2.16. The summed E-state index contributed by atoms with van der Waals surface area (Å²) in [5, 5.41) is 22.3. The molecule has 6 nitrogen and oxygen atoms in total. The summed E-state index contributed by atoms with van der Waals surface area (Å²) in [6.45, 7) is 1.93. The Morgan fingerprint density at radius 3 is 2.79 bits per heavy atom. The van der Waals surface area contributed by atoms with Gasteiger partial charge >= 0.3 is 0 Å². The van der Waals surface area contributed by atoms with Crippen LogP contribution in [0.5, 0.6) is 0 Å². The fraction of sp³-hybridized carbons (Fsp3) is 0.462. The number of carbonyl (C=O) groups excluding carboxylic acids is 1. The molecule has 2 N–H and O–H groups in total. The van der Waals surface area contributed by atoms with Crippen LogP contribution >= 0.6 is 0 Å². The van der Waals surface area contributed by atoms with Crippen LogP contribution in [0.15, 0.2) is 24.3 Å². The van der Waals surface area contributed by atoms with E-state index in [0.29, 0.717) is 18.4 Å². The molecule has 1 aromatic rings. The van der Waals surface area contributed by atoms with Gasteiger partial charge in [0.15, 0.2) is 0 Å². The van der Waals surface area contributed by atoms with Gasteiger partial charge in [0.2, 0.25) is 5.91 Å². The maximum absolute atomic E-state index is 11.8. The molecule has 1 rings (SSSR count). The number of aliphatic hydroxyl groups is 1. The molecule has 0 aliphatic heterocycles. The minimum Gasteiger partial charge on any atom is -0.396 e. The Labute approximate surface area is 111 Å². The first kappa shape index (κ1) is 15.1. The van der Waals surface area contributed by atoms with Crippen molar-refractivity contribution in [2.45, 2.75) is 32.2 Å². The first-order chi connectivity index (χ1) is 9.04. The molecular weight excluding hydrogens is 248 g/mol. The second-order valence-electron chi connectivity index (χ2n) is 4.40. The molecule has 6 heteroatoms. The van der Waals surface area contributed by atoms with E-state index in [2.05, 4.69) is 5.32 Å². The minimum absolute atomic E-state index is 0.0133. The summed E-state index contributed by atoms with van der Waals surface area (Å²) < 4.78 is 0. The first-order valence-electron chi connectivity index (χ1n) is 6.17. The normalized spacial score (nSPS) is 11.9. The topological polar surface area (TPSA) is 92.5 Å². The van der Waals surface area contributed by atoms with Crippen LogP contribution in [0.2, 0.25) is 0 Å². The van der Waals surface area contributed by atoms with E-state index in [-0.39, 0.29) is 30.7 Å². The molecule has 0 aliphatic rings. The highest BCUT2D eigenvalue weighted by Crippen LogP contribution is 2.18. The molecule has 0 fully saturated rings. The van der Waals surface area contributed by atoms with E-state index < -0.39 is 4.92 Å². The zero-order valence-electron chi connectivity index (χ0n) is 10.8. The number of aliphatic hydroxyl groups excluding tert-OH is 1. The number of nitrogens with one attached hydrogen (secondary N) is 1. The van der Waals surface area contributed by atoms with Crippen LogP contribution in [0.3, 0.4) is 0 Å². The summed E-state index contributed by atoms with van der Waals surface area (Å²) >= 11 is 0. The average Bonchev–Trinajstić information content (AvgIpc) is 2.36. The third-order valence-electron chi connectivity index (χ3n) is 2.74.